The number of hydrogen-bond donors (Lipinski definition) is 3. The minimum atomic E-state index is -0.481. The average Bonchev–Trinajstić information content (AvgIpc) is 2.42. The zero-order valence-corrected chi connectivity index (χ0v) is 10.7. The molecule has 1 unspecified atom stereocenters. The third-order valence-electron chi connectivity index (χ3n) is 2.00. The van der Waals surface area contributed by atoms with Crippen LogP contribution in [0.5, 0.6) is 0 Å². The quantitative estimate of drug-likeness (QED) is 0.676. The van der Waals surface area contributed by atoms with E-state index in [1.54, 1.807) is 6.92 Å². The first-order chi connectivity index (χ1) is 7.22. The highest BCUT2D eigenvalue weighted by atomic mass is 32.1. The maximum absolute atomic E-state index is 11.9. The summed E-state index contributed by atoms with van der Waals surface area (Å²) in [6.45, 7) is 7.46. The molecular weight excluding hydrogens is 226 g/mol. The van der Waals surface area contributed by atoms with E-state index in [1.165, 1.54) is 4.57 Å². The molecule has 1 atom stereocenters. The second-order valence-electron chi connectivity index (χ2n) is 4.67. The molecule has 0 fully saturated rings. The van der Waals surface area contributed by atoms with Crippen LogP contribution in [0.25, 0.3) is 0 Å². The molecule has 0 saturated carbocycles. The number of carbonyl (C=O) groups is 1. The standard InChI is InChI=1S/C9H17N5OS/c1-5(6(15)11-9(2,3)4)14-7(10)12-13-8(14)16/h5H,1-4H3,(H2,10,12)(H,11,15)(H,13,16). The highest BCUT2D eigenvalue weighted by Crippen LogP contribution is 2.12. The van der Waals surface area contributed by atoms with Gasteiger partial charge in [-0.3, -0.25) is 9.36 Å². The van der Waals surface area contributed by atoms with Crippen molar-refractivity contribution in [3.05, 3.63) is 4.77 Å². The van der Waals surface area contributed by atoms with Gasteiger partial charge in [0.25, 0.3) is 0 Å². The summed E-state index contributed by atoms with van der Waals surface area (Å²) >= 11 is 4.99. The largest absolute Gasteiger partial charge is 0.368 e. The van der Waals surface area contributed by atoms with Crippen LogP contribution in [0.15, 0.2) is 0 Å². The van der Waals surface area contributed by atoms with Crippen LogP contribution in [0.4, 0.5) is 5.95 Å². The zero-order valence-electron chi connectivity index (χ0n) is 9.87. The van der Waals surface area contributed by atoms with E-state index in [4.69, 9.17) is 18.0 Å². The number of rotatable bonds is 2. The van der Waals surface area contributed by atoms with Gasteiger partial charge in [0.1, 0.15) is 6.04 Å². The van der Waals surface area contributed by atoms with Gasteiger partial charge in [-0.2, -0.15) is 0 Å². The summed E-state index contributed by atoms with van der Waals surface area (Å²) in [5.41, 5.74) is 5.33. The van der Waals surface area contributed by atoms with Gasteiger partial charge >= 0.3 is 0 Å². The summed E-state index contributed by atoms with van der Waals surface area (Å²) in [5, 5.41) is 9.16. The van der Waals surface area contributed by atoms with Crippen molar-refractivity contribution < 1.29 is 4.79 Å². The second kappa shape index (κ2) is 4.25. The van der Waals surface area contributed by atoms with Crippen molar-refractivity contribution in [2.24, 2.45) is 0 Å². The van der Waals surface area contributed by atoms with Crippen molar-refractivity contribution in [2.45, 2.75) is 39.3 Å². The van der Waals surface area contributed by atoms with E-state index >= 15 is 0 Å². The van der Waals surface area contributed by atoms with E-state index in [0.29, 0.717) is 4.77 Å². The molecule has 0 aliphatic carbocycles. The second-order valence-corrected chi connectivity index (χ2v) is 5.06. The first-order valence-corrected chi connectivity index (χ1v) is 5.37. The minimum absolute atomic E-state index is 0.142. The molecule has 1 amide bonds. The number of carbonyl (C=O) groups excluding carboxylic acids is 1. The summed E-state index contributed by atoms with van der Waals surface area (Å²) < 4.78 is 1.82. The summed E-state index contributed by atoms with van der Waals surface area (Å²) in [7, 11) is 0. The lowest BCUT2D eigenvalue weighted by atomic mass is 10.1. The Bertz CT molecular complexity index is 441. The number of nitrogen functional groups attached to an aromatic ring is 1. The van der Waals surface area contributed by atoms with Crippen molar-refractivity contribution in [3.8, 4) is 0 Å². The maximum atomic E-state index is 11.9. The molecule has 1 aromatic heterocycles. The molecule has 7 heteroatoms. The first kappa shape index (κ1) is 12.7. The summed E-state index contributed by atoms with van der Waals surface area (Å²) in [5.74, 6) is 0.0678. The molecule has 0 aliphatic heterocycles. The molecule has 1 aromatic rings. The molecule has 0 saturated heterocycles. The van der Waals surface area contributed by atoms with Crippen LogP contribution in [-0.2, 0) is 4.79 Å². The van der Waals surface area contributed by atoms with E-state index in [1.807, 2.05) is 20.8 Å². The molecule has 1 rings (SSSR count). The Morgan fingerprint density at radius 3 is 2.56 bits per heavy atom. The maximum Gasteiger partial charge on any atom is 0.243 e. The smallest absolute Gasteiger partial charge is 0.243 e. The lowest BCUT2D eigenvalue weighted by molar-refractivity contribution is -0.125. The fourth-order valence-electron chi connectivity index (χ4n) is 1.28. The van der Waals surface area contributed by atoms with Crippen molar-refractivity contribution in [1.29, 1.82) is 0 Å². The van der Waals surface area contributed by atoms with E-state index in [-0.39, 0.29) is 17.4 Å². The molecule has 90 valence electrons. The molecule has 16 heavy (non-hydrogen) atoms. The molecule has 0 radical (unpaired) electrons. The number of nitrogens with two attached hydrogens (primary N) is 1. The van der Waals surface area contributed by atoms with Crippen molar-refractivity contribution in [3.63, 3.8) is 0 Å². The molecular formula is C9H17N5OS. The molecule has 0 aromatic carbocycles. The Morgan fingerprint density at radius 1 is 1.62 bits per heavy atom. The van der Waals surface area contributed by atoms with Crippen LogP contribution >= 0.6 is 12.2 Å². The third-order valence-corrected chi connectivity index (χ3v) is 2.28. The van der Waals surface area contributed by atoms with Crippen LogP contribution < -0.4 is 11.1 Å². The molecule has 0 spiro atoms. The Kier molecular flexibility index (Phi) is 3.37. The number of H-pyrrole nitrogens is 1. The predicted octanol–water partition coefficient (Wildman–Crippen LogP) is 0.999. The van der Waals surface area contributed by atoms with Crippen molar-refractivity contribution in [1.82, 2.24) is 20.1 Å². The molecule has 1 heterocycles. The van der Waals surface area contributed by atoms with Crippen LogP contribution in [-0.4, -0.2) is 26.2 Å². The van der Waals surface area contributed by atoms with Crippen LogP contribution in [0.2, 0.25) is 0 Å². The van der Waals surface area contributed by atoms with Gasteiger partial charge in [-0.1, -0.05) is 0 Å². The number of anilines is 1. The Hall–Kier alpha value is -1.37. The fourth-order valence-corrected chi connectivity index (χ4v) is 1.58. The van der Waals surface area contributed by atoms with Crippen LogP contribution in [0, 0.1) is 4.77 Å². The molecule has 0 aliphatic rings. The first-order valence-electron chi connectivity index (χ1n) is 4.97. The van der Waals surface area contributed by atoms with Gasteiger partial charge in [0.2, 0.25) is 11.9 Å². The zero-order chi connectivity index (χ0) is 12.5. The minimum Gasteiger partial charge on any atom is -0.368 e. The van der Waals surface area contributed by atoms with Crippen molar-refractivity contribution >= 4 is 24.1 Å². The van der Waals surface area contributed by atoms with E-state index < -0.39 is 6.04 Å². The number of nitrogens with zero attached hydrogens (tertiary/aromatic N) is 2. The van der Waals surface area contributed by atoms with E-state index in [9.17, 15) is 4.79 Å². The Balaban J connectivity index is 2.91. The van der Waals surface area contributed by atoms with Gasteiger partial charge in [0, 0.05) is 5.54 Å². The Morgan fingerprint density at radius 2 is 2.19 bits per heavy atom. The van der Waals surface area contributed by atoms with Crippen molar-refractivity contribution in [2.75, 3.05) is 5.73 Å². The lowest BCUT2D eigenvalue weighted by Crippen LogP contribution is -2.43. The predicted molar refractivity (Wildman–Crippen MR) is 64.4 cm³/mol. The summed E-state index contributed by atoms with van der Waals surface area (Å²) in [6, 6.07) is -0.481. The SMILES string of the molecule is CC(C(=O)NC(C)(C)C)n1c(N)n[nH]c1=S. The summed E-state index contributed by atoms with van der Waals surface area (Å²) in [4.78, 5) is 11.9. The molecule has 4 N–H and O–H groups in total. The third kappa shape index (κ3) is 2.82. The highest BCUT2D eigenvalue weighted by molar-refractivity contribution is 7.71. The van der Waals surface area contributed by atoms with Crippen LogP contribution in [0.1, 0.15) is 33.7 Å². The van der Waals surface area contributed by atoms with Gasteiger partial charge in [0.05, 0.1) is 0 Å². The number of amides is 1. The van der Waals surface area contributed by atoms with Gasteiger partial charge in [-0.05, 0) is 39.9 Å². The molecule has 6 nitrogen and oxygen atoms in total. The monoisotopic (exact) mass is 243 g/mol. The van der Waals surface area contributed by atoms with Gasteiger partial charge in [0.15, 0.2) is 4.77 Å². The lowest BCUT2D eigenvalue weighted by Gasteiger charge is -2.23. The fraction of sp³-hybridized carbons (Fsp3) is 0.667. The Labute approximate surface area is 99.2 Å². The number of hydrogen-bond acceptors (Lipinski definition) is 4. The van der Waals surface area contributed by atoms with Gasteiger partial charge in [-0.15, -0.1) is 5.10 Å². The topological polar surface area (TPSA) is 88.7 Å². The average molecular weight is 243 g/mol. The van der Waals surface area contributed by atoms with E-state index in [2.05, 4.69) is 15.5 Å². The normalized spacial score (nSPS) is 13.5. The number of aromatic amines is 1. The highest BCUT2D eigenvalue weighted by Gasteiger charge is 2.22. The molecule has 0 bridgehead atoms. The number of nitrogens with one attached hydrogen (secondary N) is 2. The van der Waals surface area contributed by atoms with E-state index in [0.717, 1.165) is 0 Å². The van der Waals surface area contributed by atoms with Gasteiger partial charge in [-0.25, -0.2) is 5.10 Å². The number of aromatic nitrogens is 3. The van der Waals surface area contributed by atoms with Crippen LogP contribution in [0.3, 0.4) is 0 Å². The van der Waals surface area contributed by atoms with Gasteiger partial charge < -0.3 is 11.1 Å². The summed E-state index contributed by atoms with van der Waals surface area (Å²) in [6.07, 6.45) is 0.